The van der Waals surface area contributed by atoms with Gasteiger partial charge in [0.05, 0.1) is 9.82 Å². The van der Waals surface area contributed by atoms with E-state index >= 15 is 0 Å². The molecule has 0 unspecified atom stereocenters. The highest BCUT2D eigenvalue weighted by Gasteiger charge is 2.22. The molecular formula is C15H15Cl2N3O4S. The molecule has 0 amide bonds. The van der Waals surface area contributed by atoms with Gasteiger partial charge in [-0.1, -0.05) is 29.3 Å². The van der Waals surface area contributed by atoms with Crippen LogP contribution >= 0.6 is 23.2 Å². The van der Waals surface area contributed by atoms with Crippen molar-refractivity contribution in [3.8, 4) is 0 Å². The Hall–Kier alpha value is -1.87. The summed E-state index contributed by atoms with van der Waals surface area (Å²) < 4.78 is 25.8. The Labute approximate surface area is 155 Å². The summed E-state index contributed by atoms with van der Waals surface area (Å²) in [6.45, 7) is 0.287. The van der Waals surface area contributed by atoms with E-state index in [0.717, 1.165) is 11.6 Å². The summed E-state index contributed by atoms with van der Waals surface area (Å²) in [4.78, 5) is 12.2. The number of sulfonamides is 1. The summed E-state index contributed by atoms with van der Waals surface area (Å²) in [6, 6.07) is 8.73. The van der Waals surface area contributed by atoms with E-state index in [2.05, 4.69) is 4.72 Å². The molecule has 2 aromatic rings. The highest BCUT2D eigenvalue weighted by molar-refractivity contribution is 7.89. The molecule has 0 saturated heterocycles. The molecule has 25 heavy (non-hydrogen) atoms. The Morgan fingerprint density at radius 3 is 2.44 bits per heavy atom. The summed E-state index contributed by atoms with van der Waals surface area (Å²) in [5.74, 6) is 0. The molecule has 0 spiro atoms. The van der Waals surface area contributed by atoms with Gasteiger partial charge >= 0.3 is 0 Å². The molecule has 0 saturated carbocycles. The highest BCUT2D eigenvalue weighted by Crippen LogP contribution is 2.32. The predicted molar refractivity (Wildman–Crippen MR) is 97.9 cm³/mol. The van der Waals surface area contributed by atoms with Crippen molar-refractivity contribution >= 4 is 44.6 Å². The number of nitrogens with one attached hydrogen (secondary N) is 1. The van der Waals surface area contributed by atoms with Crippen LogP contribution in [0.2, 0.25) is 10.0 Å². The van der Waals surface area contributed by atoms with E-state index in [-0.39, 0.29) is 22.8 Å². The monoisotopic (exact) mass is 403 g/mol. The van der Waals surface area contributed by atoms with Crippen molar-refractivity contribution in [1.29, 1.82) is 0 Å². The van der Waals surface area contributed by atoms with Crippen LogP contribution in [0, 0.1) is 10.1 Å². The normalized spacial score (nSPS) is 11.4. The molecular weight excluding hydrogens is 389 g/mol. The first-order valence-electron chi connectivity index (χ1n) is 7.02. The second-order valence-electron chi connectivity index (χ2n) is 5.21. The van der Waals surface area contributed by atoms with E-state index in [9.17, 15) is 18.5 Å². The summed E-state index contributed by atoms with van der Waals surface area (Å²) in [7, 11) is -0.884. The second-order valence-corrected chi connectivity index (χ2v) is 7.94. The number of hydrogen-bond donors (Lipinski definition) is 1. The molecule has 7 nitrogen and oxygen atoms in total. The minimum absolute atomic E-state index is 0.177. The fraction of sp³-hybridized carbons (Fsp3) is 0.200. The van der Waals surface area contributed by atoms with E-state index in [1.54, 1.807) is 30.1 Å². The Bertz CT molecular complexity index is 919. The molecule has 0 radical (unpaired) electrons. The third kappa shape index (κ3) is 4.40. The zero-order valence-corrected chi connectivity index (χ0v) is 15.7. The smallest absolute Gasteiger partial charge is 0.293 e. The standard InChI is InChI=1S/C15H15Cl2N3O4S/c1-18-25(23,24)12-5-6-14(15(8-12)20(21)22)19(2)9-10-3-4-11(16)7-13(10)17/h3-8,18H,9H2,1-2H3. The number of halogens is 2. The maximum absolute atomic E-state index is 11.8. The molecule has 0 heterocycles. The highest BCUT2D eigenvalue weighted by atomic mass is 35.5. The molecule has 2 rings (SSSR count). The first kappa shape index (κ1) is 19.5. The van der Waals surface area contributed by atoms with Crippen molar-refractivity contribution in [3.63, 3.8) is 0 Å². The average molecular weight is 404 g/mol. The summed E-state index contributed by atoms with van der Waals surface area (Å²) in [6.07, 6.45) is 0. The Balaban J connectivity index is 2.42. The molecule has 0 bridgehead atoms. The number of hydrogen-bond acceptors (Lipinski definition) is 5. The zero-order valence-electron chi connectivity index (χ0n) is 13.4. The third-order valence-electron chi connectivity index (χ3n) is 3.56. The van der Waals surface area contributed by atoms with Gasteiger partial charge in [-0.2, -0.15) is 0 Å². The summed E-state index contributed by atoms with van der Waals surface area (Å²) in [5, 5.41) is 12.3. The van der Waals surface area contributed by atoms with Gasteiger partial charge in [-0.3, -0.25) is 10.1 Å². The lowest BCUT2D eigenvalue weighted by Crippen LogP contribution is -2.20. The van der Waals surface area contributed by atoms with Crippen LogP contribution in [-0.4, -0.2) is 27.4 Å². The van der Waals surface area contributed by atoms with Crippen molar-refractivity contribution in [3.05, 3.63) is 62.1 Å². The van der Waals surface area contributed by atoms with Crippen LogP contribution in [-0.2, 0) is 16.6 Å². The molecule has 0 fully saturated rings. The second kappa shape index (κ2) is 7.57. The molecule has 0 aliphatic carbocycles. The average Bonchev–Trinajstić information content (AvgIpc) is 2.56. The van der Waals surface area contributed by atoms with Crippen molar-refractivity contribution in [2.24, 2.45) is 0 Å². The van der Waals surface area contributed by atoms with Gasteiger partial charge in [0.15, 0.2) is 0 Å². The van der Waals surface area contributed by atoms with E-state index < -0.39 is 14.9 Å². The molecule has 10 heteroatoms. The molecule has 2 aromatic carbocycles. The van der Waals surface area contributed by atoms with Crippen LogP contribution in [0.5, 0.6) is 0 Å². The van der Waals surface area contributed by atoms with Gasteiger partial charge in [0.1, 0.15) is 5.69 Å². The lowest BCUT2D eigenvalue weighted by molar-refractivity contribution is -0.384. The van der Waals surface area contributed by atoms with Crippen molar-refractivity contribution in [2.45, 2.75) is 11.4 Å². The fourth-order valence-electron chi connectivity index (χ4n) is 2.25. The van der Waals surface area contributed by atoms with Gasteiger partial charge in [-0.05, 0) is 36.9 Å². The quantitative estimate of drug-likeness (QED) is 0.588. The van der Waals surface area contributed by atoms with Crippen molar-refractivity contribution in [1.82, 2.24) is 4.72 Å². The van der Waals surface area contributed by atoms with E-state index in [1.807, 2.05) is 0 Å². The van der Waals surface area contributed by atoms with Crippen molar-refractivity contribution < 1.29 is 13.3 Å². The molecule has 0 aromatic heterocycles. The van der Waals surface area contributed by atoms with Crippen LogP contribution in [0.1, 0.15) is 5.56 Å². The maximum atomic E-state index is 11.8. The van der Waals surface area contributed by atoms with Gasteiger partial charge in [0.2, 0.25) is 10.0 Å². The fourth-order valence-corrected chi connectivity index (χ4v) is 3.47. The third-order valence-corrected chi connectivity index (χ3v) is 5.56. The lowest BCUT2D eigenvalue weighted by Gasteiger charge is -2.20. The topological polar surface area (TPSA) is 92.6 Å². The Morgan fingerprint density at radius 2 is 1.88 bits per heavy atom. The number of anilines is 1. The number of nitro groups is 1. The van der Waals surface area contributed by atoms with E-state index in [0.29, 0.717) is 10.0 Å². The minimum atomic E-state index is -3.78. The SMILES string of the molecule is CNS(=O)(=O)c1ccc(N(C)Cc2ccc(Cl)cc2Cl)c([N+](=O)[O-])c1. The van der Waals surface area contributed by atoms with Gasteiger partial charge < -0.3 is 4.90 Å². The lowest BCUT2D eigenvalue weighted by atomic mass is 10.2. The largest absolute Gasteiger partial charge is 0.365 e. The maximum Gasteiger partial charge on any atom is 0.293 e. The predicted octanol–water partition coefficient (Wildman–Crippen LogP) is 3.45. The molecule has 1 N–H and O–H groups in total. The molecule has 134 valence electrons. The molecule has 0 atom stereocenters. The zero-order chi connectivity index (χ0) is 18.8. The number of benzene rings is 2. The molecule has 0 aliphatic rings. The van der Waals surface area contributed by atoms with Gasteiger partial charge in [0.25, 0.3) is 5.69 Å². The van der Waals surface area contributed by atoms with Gasteiger partial charge in [-0.25, -0.2) is 13.1 Å². The first-order chi connectivity index (χ1) is 11.7. The van der Waals surface area contributed by atoms with Crippen LogP contribution < -0.4 is 9.62 Å². The van der Waals surface area contributed by atoms with Crippen LogP contribution in [0.15, 0.2) is 41.3 Å². The van der Waals surface area contributed by atoms with Crippen LogP contribution in [0.4, 0.5) is 11.4 Å². The number of nitrogens with zero attached hydrogens (tertiary/aromatic N) is 2. The molecule has 0 aliphatic heterocycles. The Morgan fingerprint density at radius 1 is 1.20 bits per heavy atom. The Kier molecular flexibility index (Phi) is 5.89. The summed E-state index contributed by atoms with van der Waals surface area (Å²) >= 11 is 12.0. The summed E-state index contributed by atoms with van der Waals surface area (Å²) in [5.41, 5.74) is 0.685. The van der Waals surface area contributed by atoms with Gasteiger partial charge in [0, 0.05) is 29.7 Å². The number of rotatable bonds is 6. The number of nitro benzene ring substituents is 1. The van der Waals surface area contributed by atoms with Gasteiger partial charge in [-0.15, -0.1) is 0 Å². The van der Waals surface area contributed by atoms with Crippen molar-refractivity contribution in [2.75, 3.05) is 19.0 Å². The van der Waals surface area contributed by atoms with Crippen LogP contribution in [0.3, 0.4) is 0 Å². The van der Waals surface area contributed by atoms with Crippen LogP contribution in [0.25, 0.3) is 0 Å². The minimum Gasteiger partial charge on any atom is -0.365 e. The van der Waals surface area contributed by atoms with E-state index in [1.165, 1.54) is 19.2 Å². The van der Waals surface area contributed by atoms with E-state index in [4.69, 9.17) is 23.2 Å². The first-order valence-corrected chi connectivity index (χ1v) is 9.26.